The zero-order valence-electron chi connectivity index (χ0n) is 8.36. The largest absolute Gasteiger partial charge is 0.347 e. The molecule has 0 bridgehead atoms. The monoisotopic (exact) mass is 200 g/mol. The van der Waals surface area contributed by atoms with Crippen molar-refractivity contribution in [2.45, 2.75) is 51.1 Å². The molecule has 0 spiro atoms. The Hall–Kier alpha value is -1.13. The van der Waals surface area contributed by atoms with Gasteiger partial charge in [0, 0.05) is 18.3 Å². The Kier molecular flexibility index (Phi) is 3.85. The lowest BCUT2D eigenvalue weighted by Gasteiger charge is -2.18. The molecule has 5 heteroatoms. The fraction of sp³-hybridized carbons (Fsp3) is 0.889. The highest BCUT2D eigenvalue weighted by atomic mass is 16.6. The summed E-state index contributed by atoms with van der Waals surface area (Å²) in [7, 11) is 0. The molecule has 1 N–H and O–H groups in total. The molecule has 1 aliphatic carbocycles. The number of amides is 1. The van der Waals surface area contributed by atoms with Gasteiger partial charge in [0.1, 0.15) is 0 Å². The van der Waals surface area contributed by atoms with E-state index in [0.29, 0.717) is 6.42 Å². The predicted octanol–water partition coefficient (Wildman–Crippen LogP) is 1.10. The highest BCUT2D eigenvalue weighted by Gasteiger charge is 2.32. The number of nitrogens with zero attached hydrogens (tertiary/aromatic N) is 1. The SMILES string of the molecule is CC(=O)NC1CCCCCC1[N+](=O)[O-]. The quantitative estimate of drug-likeness (QED) is 0.412. The molecule has 2 unspecified atom stereocenters. The van der Waals surface area contributed by atoms with Crippen LogP contribution in [0.5, 0.6) is 0 Å². The Labute approximate surface area is 83.0 Å². The van der Waals surface area contributed by atoms with Gasteiger partial charge in [-0.2, -0.15) is 0 Å². The minimum absolute atomic E-state index is 0.177. The summed E-state index contributed by atoms with van der Waals surface area (Å²) in [5, 5.41) is 13.4. The van der Waals surface area contributed by atoms with Gasteiger partial charge in [0.15, 0.2) is 0 Å². The average molecular weight is 200 g/mol. The van der Waals surface area contributed by atoms with Crippen molar-refractivity contribution in [3.63, 3.8) is 0 Å². The number of nitro groups is 1. The van der Waals surface area contributed by atoms with Crippen molar-refractivity contribution >= 4 is 5.91 Å². The lowest BCUT2D eigenvalue weighted by molar-refractivity contribution is -0.527. The summed E-state index contributed by atoms with van der Waals surface area (Å²) < 4.78 is 0. The van der Waals surface area contributed by atoms with Crippen molar-refractivity contribution in [3.8, 4) is 0 Å². The van der Waals surface area contributed by atoms with Crippen LogP contribution >= 0.6 is 0 Å². The van der Waals surface area contributed by atoms with Gasteiger partial charge in [-0.05, 0) is 12.8 Å². The molecule has 1 saturated carbocycles. The molecule has 0 heterocycles. The maximum Gasteiger partial charge on any atom is 0.232 e. The van der Waals surface area contributed by atoms with Crippen molar-refractivity contribution in [2.75, 3.05) is 0 Å². The van der Waals surface area contributed by atoms with Gasteiger partial charge >= 0.3 is 0 Å². The summed E-state index contributed by atoms with van der Waals surface area (Å²) in [5.74, 6) is -0.177. The van der Waals surface area contributed by atoms with Crippen LogP contribution in [0.25, 0.3) is 0 Å². The summed E-state index contributed by atoms with van der Waals surface area (Å²) in [6.07, 6.45) is 4.20. The van der Waals surface area contributed by atoms with Crippen LogP contribution in [0, 0.1) is 10.1 Å². The standard InChI is InChI=1S/C9H16N2O3/c1-7(12)10-8-5-3-2-4-6-9(8)11(13)14/h8-9H,2-6H2,1H3,(H,10,12). The second kappa shape index (κ2) is 4.93. The Morgan fingerprint density at radius 2 is 2.00 bits per heavy atom. The zero-order chi connectivity index (χ0) is 10.6. The molecule has 0 aromatic heterocycles. The molecular weight excluding hydrogens is 184 g/mol. The topological polar surface area (TPSA) is 72.2 Å². The molecule has 1 aliphatic rings. The van der Waals surface area contributed by atoms with E-state index in [1.54, 1.807) is 0 Å². The number of hydrogen-bond donors (Lipinski definition) is 1. The molecule has 1 fully saturated rings. The number of nitrogens with one attached hydrogen (secondary N) is 1. The average Bonchev–Trinajstić information content (AvgIpc) is 2.28. The van der Waals surface area contributed by atoms with E-state index in [2.05, 4.69) is 5.32 Å². The van der Waals surface area contributed by atoms with E-state index < -0.39 is 6.04 Å². The van der Waals surface area contributed by atoms with Gasteiger partial charge in [0.25, 0.3) is 0 Å². The highest BCUT2D eigenvalue weighted by Crippen LogP contribution is 2.20. The van der Waals surface area contributed by atoms with Gasteiger partial charge in [0.05, 0.1) is 6.04 Å². The van der Waals surface area contributed by atoms with E-state index in [-0.39, 0.29) is 16.9 Å². The van der Waals surface area contributed by atoms with Gasteiger partial charge in [-0.25, -0.2) is 0 Å². The molecule has 0 saturated heterocycles. The Morgan fingerprint density at radius 1 is 1.36 bits per heavy atom. The van der Waals surface area contributed by atoms with Crippen molar-refractivity contribution < 1.29 is 9.72 Å². The maximum atomic E-state index is 10.9. The first-order valence-electron chi connectivity index (χ1n) is 5.02. The third-order valence-corrected chi connectivity index (χ3v) is 2.64. The number of rotatable bonds is 2. The molecule has 80 valence electrons. The first kappa shape index (κ1) is 10.9. The lowest BCUT2D eigenvalue weighted by Crippen LogP contribution is -2.45. The minimum Gasteiger partial charge on any atom is -0.347 e. The van der Waals surface area contributed by atoms with Crippen molar-refractivity contribution in [2.24, 2.45) is 0 Å². The summed E-state index contributed by atoms with van der Waals surface area (Å²) >= 11 is 0. The minimum atomic E-state index is -0.596. The van der Waals surface area contributed by atoms with E-state index in [1.165, 1.54) is 6.92 Å². The van der Waals surface area contributed by atoms with E-state index in [4.69, 9.17) is 0 Å². The summed E-state index contributed by atoms with van der Waals surface area (Å²) in [6, 6.07) is -0.869. The van der Waals surface area contributed by atoms with Crippen molar-refractivity contribution in [3.05, 3.63) is 10.1 Å². The highest BCUT2D eigenvalue weighted by molar-refractivity contribution is 5.73. The summed E-state index contributed by atoms with van der Waals surface area (Å²) in [4.78, 5) is 21.4. The van der Waals surface area contributed by atoms with Crippen LogP contribution in [-0.4, -0.2) is 22.9 Å². The molecular formula is C9H16N2O3. The van der Waals surface area contributed by atoms with Gasteiger partial charge in [-0.3, -0.25) is 14.9 Å². The molecule has 1 amide bonds. The van der Waals surface area contributed by atoms with E-state index in [0.717, 1.165) is 25.7 Å². The zero-order valence-corrected chi connectivity index (χ0v) is 8.36. The van der Waals surface area contributed by atoms with Crippen molar-refractivity contribution in [1.29, 1.82) is 0 Å². The number of carbonyl (C=O) groups is 1. The molecule has 2 atom stereocenters. The second-order valence-corrected chi connectivity index (χ2v) is 3.80. The van der Waals surface area contributed by atoms with Gasteiger partial charge in [0.2, 0.25) is 11.9 Å². The van der Waals surface area contributed by atoms with Gasteiger partial charge in [-0.1, -0.05) is 12.8 Å². The van der Waals surface area contributed by atoms with Crippen LogP contribution in [0.15, 0.2) is 0 Å². The van der Waals surface area contributed by atoms with E-state index in [9.17, 15) is 14.9 Å². The first-order chi connectivity index (χ1) is 6.61. The van der Waals surface area contributed by atoms with Crippen LogP contribution in [0.1, 0.15) is 39.0 Å². The van der Waals surface area contributed by atoms with Gasteiger partial charge < -0.3 is 5.32 Å². The third kappa shape index (κ3) is 2.97. The van der Waals surface area contributed by atoms with Crippen LogP contribution < -0.4 is 5.32 Å². The molecule has 14 heavy (non-hydrogen) atoms. The normalized spacial score (nSPS) is 27.8. The molecule has 0 aromatic rings. The third-order valence-electron chi connectivity index (χ3n) is 2.64. The summed E-state index contributed by atoms with van der Waals surface area (Å²) in [5.41, 5.74) is 0. The van der Waals surface area contributed by atoms with Crippen LogP contribution in [0.4, 0.5) is 0 Å². The lowest BCUT2D eigenvalue weighted by atomic mass is 10.0. The Balaban J connectivity index is 2.63. The molecule has 5 nitrogen and oxygen atoms in total. The van der Waals surface area contributed by atoms with Crippen molar-refractivity contribution in [1.82, 2.24) is 5.32 Å². The molecule has 0 aliphatic heterocycles. The Morgan fingerprint density at radius 3 is 2.57 bits per heavy atom. The van der Waals surface area contributed by atoms with Gasteiger partial charge in [-0.15, -0.1) is 0 Å². The van der Waals surface area contributed by atoms with E-state index >= 15 is 0 Å². The Bertz CT molecular complexity index is 230. The maximum absolute atomic E-state index is 10.9. The van der Waals surface area contributed by atoms with E-state index in [1.807, 2.05) is 0 Å². The fourth-order valence-corrected chi connectivity index (χ4v) is 1.97. The first-order valence-corrected chi connectivity index (χ1v) is 5.02. The van der Waals surface area contributed by atoms with Crippen LogP contribution in [-0.2, 0) is 4.79 Å². The number of hydrogen-bond acceptors (Lipinski definition) is 3. The van der Waals surface area contributed by atoms with Crippen LogP contribution in [0.3, 0.4) is 0 Å². The molecule has 0 radical (unpaired) electrons. The number of carbonyl (C=O) groups excluding carboxylic acids is 1. The smallest absolute Gasteiger partial charge is 0.232 e. The fourth-order valence-electron chi connectivity index (χ4n) is 1.97. The predicted molar refractivity (Wildman–Crippen MR) is 51.5 cm³/mol. The summed E-state index contributed by atoms with van der Waals surface area (Å²) in [6.45, 7) is 1.40. The molecule has 1 rings (SSSR count). The van der Waals surface area contributed by atoms with Crippen LogP contribution in [0.2, 0.25) is 0 Å². The molecule has 0 aromatic carbocycles. The second-order valence-electron chi connectivity index (χ2n) is 3.80.